The predicted octanol–water partition coefficient (Wildman–Crippen LogP) is 2.33. The monoisotopic (exact) mass is 518 g/mol. The fourth-order valence-corrected chi connectivity index (χ4v) is 3.62. The van der Waals surface area contributed by atoms with Crippen LogP contribution in [0.15, 0.2) is 41.3 Å². The smallest absolute Gasteiger partial charge is 0.275 e. The highest BCUT2D eigenvalue weighted by molar-refractivity contribution is 6.05. The number of nitrogens with two attached hydrogens (primary N) is 1. The number of alkyl halides is 1. The van der Waals surface area contributed by atoms with Crippen LogP contribution in [0.3, 0.4) is 0 Å². The Kier molecular flexibility index (Phi) is 9.46. The molecule has 0 saturated carbocycles. The minimum Gasteiger partial charge on any atom is -0.381 e. The van der Waals surface area contributed by atoms with E-state index in [0.29, 0.717) is 54.1 Å². The summed E-state index contributed by atoms with van der Waals surface area (Å²) in [5, 5.41) is 17.9. The number of benzene rings is 1. The lowest BCUT2D eigenvalue weighted by molar-refractivity contribution is 0.0662. The van der Waals surface area contributed by atoms with E-state index in [4.69, 9.17) is 5.73 Å². The Hall–Kier alpha value is -4.81. The van der Waals surface area contributed by atoms with E-state index in [-0.39, 0.29) is 17.5 Å². The van der Waals surface area contributed by atoms with Gasteiger partial charge in [-0.3, -0.25) is 4.79 Å². The lowest BCUT2D eigenvalue weighted by atomic mass is 10.1. The van der Waals surface area contributed by atoms with Crippen molar-refractivity contribution in [3.8, 4) is 30.5 Å². The van der Waals surface area contributed by atoms with Gasteiger partial charge in [0, 0.05) is 43.2 Å². The van der Waals surface area contributed by atoms with E-state index in [1.165, 1.54) is 17.2 Å². The maximum absolute atomic E-state index is 13.5. The van der Waals surface area contributed by atoms with Crippen LogP contribution in [0.2, 0.25) is 0 Å². The molecule has 0 aliphatic carbocycles. The first-order valence-corrected chi connectivity index (χ1v) is 11.6. The van der Waals surface area contributed by atoms with Gasteiger partial charge in [0.15, 0.2) is 17.8 Å². The minimum atomic E-state index is -0.873. The molecular weight excluding hydrogens is 491 g/mol. The molecule has 1 aromatic carbocycles. The number of likely N-dealkylation sites (tertiary alicyclic amines) is 1. The summed E-state index contributed by atoms with van der Waals surface area (Å²) in [5.41, 5.74) is 7.26. The normalized spacial score (nSPS) is 13.8. The van der Waals surface area contributed by atoms with Crippen molar-refractivity contribution in [3.63, 3.8) is 0 Å². The van der Waals surface area contributed by atoms with Crippen LogP contribution in [0.1, 0.15) is 41.7 Å². The van der Waals surface area contributed by atoms with Gasteiger partial charge in [-0.25, -0.2) is 14.1 Å². The molecule has 0 unspecified atom stereocenters. The zero-order valence-electron chi connectivity index (χ0n) is 21.0. The van der Waals surface area contributed by atoms with Gasteiger partial charge in [-0.2, -0.15) is 15.1 Å². The first kappa shape index (κ1) is 27.8. The average Bonchev–Trinajstić information content (AvgIpc) is 3.55. The number of carbonyl (C=O) groups is 1. The van der Waals surface area contributed by atoms with E-state index in [0.717, 1.165) is 0 Å². The first-order valence-electron chi connectivity index (χ1n) is 11.6. The maximum atomic E-state index is 13.5. The van der Waals surface area contributed by atoms with Crippen LogP contribution in [0.4, 0.5) is 10.3 Å². The number of hydrogen-bond donors (Lipinski definition) is 2. The predicted molar refractivity (Wildman–Crippen MR) is 139 cm³/mol. The van der Waals surface area contributed by atoms with Crippen LogP contribution in [0, 0.1) is 31.6 Å². The van der Waals surface area contributed by atoms with Crippen molar-refractivity contribution in [3.05, 3.63) is 53.9 Å². The Bertz CT molecular complexity index is 1450. The van der Waals surface area contributed by atoms with Crippen LogP contribution < -0.4 is 5.73 Å². The number of halogens is 1. The van der Waals surface area contributed by atoms with Crippen molar-refractivity contribution in [1.29, 1.82) is 0 Å². The molecule has 38 heavy (non-hydrogen) atoms. The molecule has 4 aromatic rings. The van der Waals surface area contributed by atoms with Crippen LogP contribution in [-0.4, -0.2) is 71.2 Å². The van der Waals surface area contributed by atoms with E-state index in [1.807, 2.05) is 0 Å². The summed E-state index contributed by atoms with van der Waals surface area (Å²) in [5.74, 6) is 6.44. The Labute approximate surface area is 218 Å². The number of fused-ring (bicyclic) bond motifs is 1. The summed E-state index contributed by atoms with van der Waals surface area (Å²) in [6.45, 7) is 4.03. The molecule has 12 heteroatoms. The van der Waals surface area contributed by atoms with Crippen LogP contribution in [0.5, 0.6) is 0 Å². The van der Waals surface area contributed by atoms with Gasteiger partial charge in [-0.15, -0.1) is 12.8 Å². The standard InChI is InChI=1S/C21H21FN6O2.C3H4N2O.C2H2/c1-13(29)2-3-14-4-5-16-17(12-14)28(18-6-9-24-21(23)25-18)26-19(16)20(30)27-10-7-15(22)8-11-27;1-3-4-2-5-6-3;1-2/h4-6,9,12-13,15,29H,7-8,10-11H2,1H3,(H2,23,24,25);2H,1H3;1-2H/t13-;;/m1../s1. The third-order valence-corrected chi connectivity index (χ3v) is 5.37. The molecule has 4 heterocycles. The molecule has 1 fully saturated rings. The summed E-state index contributed by atoms with van der Waals surface area (Å²) in [7, 11) is 0. The average molecular weight is 519 g/mol. The molecule has 0 bridgehead atoms. The molecule has 1 aliphatic heterocycles. The zero-order chi connectivity index (χ0) is 27.7. The van der Waals surface area contributed by atoms with Crippen molar-refractivity contribution in [2.75, 3.05) is 18.8 Å². The van der Waals surface area contributed by atoms with E-state index in [9.17, 15) is 14.3 Å². The molecule has 1 atom stereocenters. The maximum Gasteiger partial charge on any atom is 0.275 e. The molecular formula is C26H27FN8O3. The molecule has 11 nitrogen and oxygen atoms in total. The number of amides is 1. The number of aromatic nitrogens is 6. The Morgan fingerprint density at radius 3 is 2.58 bits per heavy atom. The molecule has 1 amide bonds. The number of rotatable bonds is 2. The number of aliphatic hydroxyl groups is 1. The Balaban J connectivity index is 0.000000434. The quantitative estimate of drug-likeness (QED) is 0.381. The highest BCUT2D eigenvalue weighted by atomic mass is 19.1. The molecule has 196 valence electrons. The van der Waals surface area contributed by atoms with Crippen molar-refractivity contribution in [1.82, 2.24) is 34.8 Å². The van der Waals surface area contributed by atoms with E-state index < -0.39 is 12.3 Å². The topological polar surface area (TPSA) is 149 Å². The number of aliphatic hydroxyl groups excluding tert-OH is 1. The highest BCUT2D eigenvalue weighted by Crippen LogP contribution is 2.25. The number of terminal acetylenes is 1. The van der Waals surface area contributed by atoms with Gasteiger partial charge in [0.05, 0.1) is 5.52 Å². The lowest BCUT2D eigenvalue weighted by Gasteiger charge is -2.28. The number of nitrogen functional groups attached to an aromatic ring is 1. The molecule has 3 N–H and O–H groups in total. The van der Waals surface area contributed by atoms with Crippen LogP contribution in [0.25, 0.3) is 16.7 Å². The summed E-state index contributed by atoms with van der Waals surface area (Å²) in [6.07, 6.45) is 9.90. The highest BCUT2D eigenvalue weighted by Gasteiger charge is 2.27. The molecule has 1 saturated heterocycles. The zero-order valence-corrected chi connectivity index (χ0v) is 21.0. The van der Waals surface area contributed by atoms with Gasteiger partial charge in [0.1, 0.15) is 12.3 Å². The van der Waals surface area contributed by atoms with E-state index in [1.54, 1.807) is 43.0 Å². The second kappa shape index (κ2) is 12.9. The summed E-state index contributed by atoms with van der Waals surface area (Å²) >= 11 is 0. The number of nitrogens with zero attached hydrogens (tertiary/aromatic N) is 7. The van der Waals surface area contributed by atoms with Gasteiger partial charge in [0.2, 0.25) is 11.8 Å². The van der Waals surface area contributed by atoms with Gasteiger partial charge in [-0.05, 0) is 38.0 Å². The van der Waals surface area contributed by atoms with E-state index in [2.05, 4.69) is 54.4 Å². The second-order valence-electron chi connectivity index (χ2n) is 8.14. The lowest BCUT2D eigenvalue weighted by Crippen LogP contribution is -2.39. The van der Waals surface area contributed by atoms with Crippen LogP contribution >= 0.6 is 0 Å². The number of piperidine rings is 1. The number of aryl methyl sites for hydroxylation is 1. The van der Waals surface area contributed by atoms with Crippen molar-refractivity contribution >= 4 is 22.8 Å². The van der Waals surface area contributed by atoms with Gasteiger partial charge in [-0.1, -0.05) is 17.0 Å². The second-order valence-corrected chi connectivity index (χ2v) is 8.14. The molecule has 0 spiro atoms. The largest absolute Gasteiger partial charge is 0.381 e. The van der Waals surface area contributed by atoms with Gasteiger partial charge < -0.3 is 20.3 Å². The first-order chi connectivity index (χ1) is 18.3. The summed E-state index contributed by atoms with van der Waals surface area (Å²) in [4.78, 5) is 26.5. The van der Waals surface area contributed by atoms with Crippen molar-refractivity contribution < 1.29 is 18.8 Å². The van der Waals surface area contributed by atoms with Crippen molar-refractivity contribution in [2.24, 2.45) is 0 Å². The minimum absolute atomic E-state index is 0.0825. The van der Waals surface area contributed by atoms with Crippen LogP contribution in [-0.2, 0) is 0 Å². The fraction of sp³-hybridized carbons (Fsp3) is 0.308. The fourth-order valence-electron chi connectivity index (χ4n) is 3.62. The Morgan fingerprint density at radius 2 is 2.00 bits per heavy atom. The number of carbonyl (C=O) groups excluding carboxylic acids is 1. The Morgan fingerprint density at radius 1 is 1.26 bits per heavy atom. The summed E-state index contributed by atoms with van der Waals surface area (Å²) < 4.78 is 19.5. The number of hydrogen-bond acceptors (Lipinski definition) is 9. The third-order valence-electron chi connectivity index (χ3n) is 5.37. The van der Waals surface area contributed by atoms with Crippen molar-refractivity contribution in [2.45, 2.75) is 39.0 Å². The molecule has 5 rings (SSSR count). The third kappa shape index (κ3) is 6.90. The molecule has 1 aliphatic rings. The van der Waals surface area contributed by atoms with Gasteiger partial charge in [0.25, 0.3) is 5.91 Å². The molecule has 0 radical (unpaired) electrons. The van der Waals surface area contributed by atoms with Gasteiger partial charge >= 0.3 is 0 Å². The van der Waals surface area contributed by atoms with E-state index >= 15 is 0 Å². The molecule has 3 aromatic heterocycles. The SMILES string of the molecule is C#C.C[C@@H](O)C#Cc1ccc2c(C(=O)N3CCC(F)CC3)nn(-c3ccnc(N)n3)c2c1.Cc1ncno1. The number of anilines is 1. The summed E-state index contributed by atoms with van der Waals surface area (Å²) in [6, 6.07) is 6.95.